The van der Waals surface area contributed by atoms with Gasteiger partial charge < -0.3 is 5.32 Å². The summed E-state index contributed by atoms with van der Waals surface area (Å²) in [5.41, 5.74) is 2.16. The van der Waals surface area contributed by atoms with Gasteiger partial charge in [-0.3, -0.25) is 19.3 Å². The van der Waals surface area contributed by atoms with E-state index in [2.05, 4.69) is 10.3 Å². The van der Waals surface area contributed by atoms with Gasteiger partial charge in [-0.05, 0) is 12.8 Å². The van der Waals surface area contributed by atoms with Crippen molar-refractivity contribution in [1.29, 1.82) is 0 Å². The molecule has 7 nitrogen and oxygen atoms in total. The predicted octanol–water partition coefficient (Wildman–Crippen LogP) is 3.67. The maximum atomic E-state index is 12.3. The average molecular weight is 358 g/mol. The minimum atomic E-state index is -0.426. The van der Waals surface area contributed by atoms with Crippen LogP contribution in [0.3, 0.4) is 0 Å². The van der Waals surface area contributed by atoms with Crippen LogP contribution in [0, 0.1) is 23.0 Å². The fraction of sp³-hybridized carbons (Fsp3) is 0.294. The van der Waals surface area contributed by atoms with Gasteiger partial charge in [0.25, 0.3) is 11.6 Å². The third kappa shape index (κ3) is 3.39. The predicted molar refractivity (Wildman–Crippen MR) is 97.1 cm³/mol. The van der Waals surface area contributed by atoms with Gasteiger partial charge in [0.2, 0.25) is 0 Å². The molecule has 0 saturated heterocycles. The number of non-ortho nitro benzene ring substituents is 1. The Morgan fingerprint density at radius 3 is 2.84 bits per heavy atom. The molecule has 2 heterocycles. The Morgan fingerprint density at radius 2 is 2.20 bits per heavy atom. The second-order valence-electron chi connectivity index (χ2n) is 6.21. The smallest absolute Gasteiger partial charge is 0.270 e. The van der Waals surface area contributed by atoms with Crippen molar-refractivity contribution in [2.75, 3.05) is 6.54 Å². The normalized spacial score (nSPS) is 11.2. The summed E-state index contributed by atoms with van der Waals surface area (Å²) in [6, 6.07) is 6.37. The Balaban J connectivity index is 1.93. The van der Waals surface area contributed by atoms with E-state index in [1.165, 1.54) is 23.5 Å². The number of hydrogen-bond acceptors (Lipinski definition) is 5. The zero-order valence-corrected chi connectivity index (χ0v) is 15.0. The zero-order chi connectivity index (χ0) is 18.1. The van der Waals surface area contributed by atoms with E-state index >= 15 is 0 Å². The topological polar surface area (TPSA) is 89.5 Å². The fourth-order valence-electron chi connectivity index (χ4n) is 2.46. The standard InChI is InChI=1S/C17H18N4O3S/c1-10(2)8-18-16(22)15-11(3)20-9-14(19-17(20)25-15)12-5-4-6-13(7-12)21(23)24/h4-7,9-10H,8H2,1-3H3,(H,18,22). The number of carbonyl (C=O) groups excluding carboxylic acids is 1. The van der Waals surface area contributed by atoms with E-state index in [0.29, 0.717) is 33.6 Å². The number of rotatable bonds is 5. The molecular formula is C17H18N4O3S. The van der Waals surface area contributed by atoms with Crippen LogP contribution in [-0.2, 0) is 0 Å². The van der Waals surface area contributed by atoms with Crippen molar-refractivity contribution in [2.45, 2.75) is 20.8 Å². The number of benzene rings is 1. The van der Waals surface area contributed by atoms with E-state index < -0.39 is 4.92 Å². The molecule has 0 aliphatic carbocycles. The van der Waals surface area contributed by atoms with Gasteiger partial charge in [-0.1, -0.05) is 37.3 Å². The minimum Gasteiger partial charge on any atom is -0.351 e. The van der Waals surface area contributed by atoms with Crippen LogP contribution >= 0.6 is 11.3 Å². The summed E-state index contributed by atoms with van der Waals surface area (Å²) in [4.78, 5) is 28.6. The Morgan fingerprint density at radius 1 is 1.44 bits per heavy atom. The molecule has 2 aromatic heterocycles. The Bertz CT molecular complexity index is 958. The van der Waals surface area contributed by atoms with Crippen LogP contribution in [0.5, 0.6) is 0 Å². The molecule has 25 heavy (non-hydrogen) atoms. The molecule has 3 aromatic rings. The van der Waals surface area contributed by atoms with E-state index in [9.17, 15) is 14.9 Å². The number of imidazole rings is 1. The molecule has 8 heteroatoms. The third-order valence-electron chi connectivity index (χ3n) is 3.79. The molecule has 0 aliphatic heterocycles. The molecule has 1 N–H and O–H groups in total. The van der Waals surface area contributed by atoms with Crippen molar-refractivity contribution < 1.29 is 9.72 Å². The summed E-state index contributed by atoms with van der Waals surface area (Å²) in [7, 11) is 0. The number of aromatic nitrogens is 2. The summed E-state index contributed by atoms with van der Waals surface area (Å²) < 4.78 is 1.85. The van der Waals surface area contributed by atoms with Crippen molar-refractivity contribution in [2.24, 2.45) is 5.92 Å². The Kier molecular flexibility index (Phi) is 4.54. The van der Waals surface area contributed by atoms with Crippen molar-refractivity contribution in [3.8, 4) is 11.3 Å². The number of thiazole rings is 1. The largest absolute Gasteiger partial charge is 0.351 e. The lowest BCUT2D eigenvalue weighted by Crippen LogP contribution is -2.27. The summed E-state index contributed by atoms with van der Waals surface area (Å²) in [5.74, 6) is 0.285. The van der Waals surface area contributed by atoms with Crippen LogP contribution in [0.4, 0.5) is 5.69 Å². The van der Waals surface area contributed by atoms with Crippen LogP contribution in [0.25, 0.3) is 16.2 Å². The number of nitro groups is 1. The molecule has 0 bridgehead atoms. The van der Waals surface area contributed by atoms with Crippen LogP contribution in [0.15, 0.2) is 30.5 Å². The highest BCUT2D eigenvalue weighted by molar-refractivity contribution is 7.19. The van der Waals surface area contributed by atoms with Gasteiger partial charge in [0.15, 0.2) is 4.96 Å². The van der Waals surface area contributed by atoms with Crippen molar-refractivity contribution >= 4 is 27.9 Å². The molecule has 0 aliphatic rings. The van der Waals surface area contributed by atoms with Crippen molar-refractivity contribution in [3.05, 3.63) is 51.1 Å². The maximum absolute atomic E-state index is 12.3. The first kappa shape index (κ1) is 17.1. The fourth-order valence-corrected chi connectivity index (χ4v) is 3.48. The molecule has 1 aromatic carbocycles. The van der Waals surface area contributed by atoms with Crippen LogP contribution in [0.2, 0.25) is 0 Å². The molecular weight excluding hydrogens is 340 g/mol. The Hall–Kier alpha value is -2.74. The van der Waals surface area contributed by atoms with Crippen LogP contribution < -0.4 is 5.32 Å². The number of aryl methyl sites for hydroxylation is 1. The highest BCUT2D eigenvalue weighted by atomic mass is 32.1. The van der Waals surface area contributed by atoms with E-state index in [0.717, 1.165) is 5.69 Å². The maximum Gasteiger partial charge on any atom is 0.270 e. The highest BCUT2D eigenvalue weighted by Gasteiger charge is 2.18. The number of hydrogen-bond donors (Lipinski definition) is 1. The lowest BCUT2D eigenvalue weighted by atomic mass is 10.1. The molecule has 0 unspecified atom stereocenters. The first-order valence-corrected chi connectivity index (χ1v) is 8.70. The van der Waals surface area contributed by atoms with E-state index in [1.807, 2.05) is 25.2 Å². The molecule has 3 rings (SSSR count). The van der Waals surface area contributed by atoms with Gasteiger partial charge in [-0.15, -0.1) is 0 Å². The van der Waals surface area contributed by atoms with Crippen molar-refractivity contribution in [1.82, 2.24) is 14.7 Å². The van der Waals surface area contributed by atoms with E-state index in [-0.39, 0.29) is 11.6 Å². The van der Waals surface area contributed by atoms with Gasteiger partial charge in [-0.25, -0.2) is 4.98 Å². The first-order valence-electron chi connectivity index (χ1n) is 7.88. The van der Waals surface area contributed by atoms with Crippen LogP contribution in [-0.4, -0.2) is 26.8 Å². The monoisotopic (exact) mass is 358 g/mol. The molecule has 0 radical (unpaired) electrons. The molecule has 0 spiro atoms. The lowest BCUT2D eigenvalue weighted by molar-refractivity contribution is -0.384. The minimum absolute atomic E-state index is 0.0272. The van der Waals surface area contributed by atoms with Gasteiger partial charge in [0, 0.05) is 36.1 Å². The van der Waals surface area contributed by atoms with Gasteiger partial charge in [0.05, 0.1) is 10.6 Å². The number of nitro benzene ring substituents is 1. The SMILES string of the molecule is Cc1c(C(=O)NCC(C)C)sc2nc(-c3cccc([N+](=O)[O-])c3)cn12. The summed E-state index contributed by atoms with van der Waals surface area (Å²) >= 11 is 1.32. The molecule has 0 saturated carbocycles. The van der Waals surface area contributed by atoms with Gasteiger partial charge in [-0.2, -0.15) is 0 Å². The number of fused-ring (bicyclic) bond motifs is 1. The quantitative estimate of drug-likeness (QED) is 0.557. The zero-order valence-electron chi connectivity index (χ0n) is 14.1. The lowest BCUT2D eigenvalue weighted by Gasteiger charge is -2.06. The number of carbonyl (C=O) groups is 1. The molecule has 1 amide bonds. The summed E-state index contributed by atoms with van der Waals surface area (Å²) in [6.45, 7) is 6.57. The second-order valence-corrected chi connectivity index (χ2v) is 7.18. The van der Waals surface area contributed by atoms with E-state index in [4.69, 9.17) is 0 Å². The van der Waals surface area contributed by atoms with E-state index in [1.54, 1.807) is 18.3 Å². The average Bonchev–Trinajstić information content (AvgIpc) is 3.12. The van der Waals surface area contributed by atoms with Gasteiger partial charge in [0.1, 0.15) is 4.88 Å². The molecule has 0 fully saturated rings. The van der Waals surface area contributed by atoms with Crippen molar-refractivity contribution in [3.63, 3.8) is 0 Å². The molecule has 0 atom stereocenters. The summed E-state index contributed by atoms with van der Waals surface area (Å²) in [6.07, 6.45) is 1.81. The molecule has 130 valence electrons. The summed E-state index contributed by atoms with van der Waals surface area (Å²) in [5, 5.41) is 13.8. The number of nitrogens with zero attached hydrogens (tertiary/aromatic N) is 3. The first-order chi connectivity index (χ1) is 11.9. The third-order valence-corrected chi connectivity index (χ3v) is 4.94. The van der Waals surface area contributed by atoms with Gasteiger partial charge >= 0.3 is 0 Å². The number of amides is 1. The highest BCUT2D eigenvalue weighted by Crippen LogP contribution is 2.28. The Labute approximate surface area is 148 Å². The number of nitrogens with one attached hydrogen (secondary N) is 1. The second kappa shape index (κ2) is 6.64. The van der Waals surface area contributed by atoms with Crippen LogP contribution in [0.1, 0.15) is 29.2 Å².